The Hall–Kier alpha value is -0.0638. The van der Waals surface area contributed by atoms with E-state index in [2.05, 4.69) is 46.6 Å². The fourth-order valence-corrected chi connectivity index (χ4v) is 2.12. The molecule has 5 nitrogen and oxygen atoms in total. The Labute approximate surface area is 192 Å². The van der Waals surface area contributed by atoms with Crippen LogP contribution in [-0.2, 0) is 10.3 Å². The number of carbonyl (C=O) groups excluding carboxylic acids is 1. The predicted octanol–water partition coefficient (Wildman–Crippen LogP) is 0.776. The van der Waals surface area contributed by atoms with Gasteiger partial charge in [0.05, 0.1) is 18.3 Å². The summed E-state index contributed by atoms with van der Waals surface area (Å²) in [6.45, 7) is 3.47. The molecule has 0 amide bonds. The molecule has 0 spiro atoms. The van der Waals surface area contributed by atoms with E-state index >= 15 is 0 Å². The number of halogens is 3. The monoisotopic (exact) mass is 548 g/mol. The molecule has 2 rings (SSSR count). The van der Waals surface area contributed by atoms with Crippen LogP contribution in [0.3, 0.4) is 0 Å². The van der Waals surface area contributed by atoms with E-state index < -0.39 is 5.60 Å². The molecule has 25 heavy (non-hydrogen) atoms. The summed E-state index contributed by atoms with van der Waals surface area (Å²) in [6, 6.07) is 3.51. The minimum Gasteiger partial charge on any atom is -1.00 e. The quantitative estimate of drug-likeness (QED) is 0.340. The number of hydrogen-bond donors (Lipinski definition) is 1. The van der Waals surface area contributed by atoms with Gasteiger partial charge in [0.2, 0.25) is 0 Å². The number of carbonyl (C=O) groups is 1. The van der Waals surface area contributed by atoms with Crippen LogP contribution in [0.1, 0.15) is 29.8 Å². The maximum absolute atomic E-state index is 10.9. The summed E-state index contributed by atoms with van der Waals surface area (Å²) in [4.78, 5) is 18.6. The average molecular weight is 551 g/mol. The van der Waals surface area contributed by atoms with Crippen molar-refractivity contribution in [2.24, 2.45) is 0 Å². The maximum atomic E-state index is 10.9. The molecular weight excluding hydrogens is 532 g/mol. The van der Waals surface area contributed by atoms with Crippen molar-refractivity contribution in [1.82, 2.24) is 9.97 Å². The molecule has 0 aromatic carbocycles. The van der Waals surface area contributed by atoms with E-state index in [1.54, 1.807) is 38.5 Å². The van der Waals surface area contributed by atoms with E-state index in [-0.39, 0.29) is 53.4 Å². The Kier molecular flexibility index (Phi) is 16.7. The first kappa shape index (κ1) is 29.7. The molecule has 0 fully saturated rings. The molecule has 2 heterocycles. The average Bonchev–Trinajstić information content (AvgIpc) is 2.46. The summed E-state index contributed by atoms with van der Waals surface area (Å²) >= 11 is 6.47. The second kappa shape index (κ2) is 14.1. The standard InChI is InChI=1S/C8H10BrNO.C7H6BrNO2.CH3.BrH.Mg/c1-8(2,11)6-3-7(9)5-10-4-6;1-11-7(10)5-2-6(8)4-9-3-5;;;/h3-5,11H,1-2H3;2-4H,1H3;1H3;1H;/q;;-1;;+2/p-1. The van der Waals surface area contributed by atoms with Crippen molar-refractivity contribution in [3.8, 4) is 0 Å². The Morgan fingerprint density at radius 1 is 1.08 bits per heavy atom. The van der Waals surface area contributed by atoms with E-state index in [1.807, 2.05) is 6.07 Å². The van der Waals surface area contributed by atoms with Crippen molar-refractivity contribution in [2.45, 2.75) is 19.4 Å². The van der Waals surface area contributed by atoms with Crippen LogP contribution in [0, 0.1) is 7.43 Å². The number of hydrogen-bond acceptors (Lipinski definition) is 5. The number of aromatic nitrogens is 2. The van der Waals surface area contributed by atoms with Gasteiger partial charge in [0.15, 0.2) is 0 Å². The van der Waals surface area contributed by atoms with Gasteiger partial charge >= 0.3 is 29.0 Å². The van der Waals surface area contributed by atoms with Gasteiger partial charge in [0.25, 0.3) is 0 Å². The van der Waals surface area contributed by atoms with Gasteiger partial charge in [-0.3, -0.25) is 9.97 Å². The molecule has 1 N–H and O–H groups in total. The van der Waals surface area contributed by atoms with Crippen LogP contribution in [0.25, 0.3) is 0 Å². The molecule has 0 atom stereocenters. The van der Waals surface area contributed by atoms with Gasteiger partial charge in [0.1, 0.15) is 0 Å². The van der Waals surface area contributed by atoms with Gasteiger partial charge in [0, 0.05) is 39.3 Å². The van der Waals surface area contributed by atoms with Gasteiger partial charge < -0.3 is 34.3 Å². The SMILES string of the molecule is CC(C)(O)c1cncc(Br)c1.COC(=O)c1cncc(Br)c1.[Br-].[CH3-].[Mg+2]. The second-order valence-corrected chi connectivity index (χ2v) is 6.67. The predicted molar refractivity (Wildman–Crippen MR) is 103 cm³/mol. The first-order valence-electron chi connectivity index (χ1n) is 6.26. The molecular formula is C16H19Br3MgN2O3. The zero-order chi connectivity index (χ0) is 16.8. The van der Waals surface area contributed by atoms with Crippen molar-refractivity contribution >= 4 is 60.9 Å². The topological polar surface area (TPSA) is 72.3 Å². The third kappa shape index (κ3) is 11.3. The Balaban J connectivity index is -0.000000346. The molecule has 0 saturated carbocycles. The Bertz CT molecular complexity index is 653. The van der Waals surface area contributed by atoms with Gasteiger partial charge in [-0.25, -0.2) is 4.79 Å². The Morgan fingerprint density at radius 3 is 1.92 bits per heavy atom. The third-order valence-electron chi connectivity index (χ3n) is 2.54. The summed E-state index contributed by atoms with van der Waals surface area (Å²) in [5, 5.41) is 9.55. The maximum Gasteiger partial charge on any atom is 2.00 e. The fourth-order valence-electron chi connectivity index (χ4n) is 1.39. The molecule has 2 aromatic heterocycles. The fraction of sp³-hybridized carbons (Fsp3) is 0.250. The summed E-state index contributed by atoms with van der Waals surface area (Å²) in [7, 11) is 1.34. The van der Waals surface area contributed by atoms with Crippen LogP contribution in [0.15, 0.2) is 45.9 Å². The van der Waals surface area contributed by atoms with Gasteiger partial charge in [-0.1, -0.05) is 0 Å². The number of rotatable bonds is 2. The van der Waals surface area contributed by atoms with Crippen molar-refractivity contribution in [3.63, 3.8) is 0 Å². The summed E-state index contributed by atoms with van der Waals surface area (Å²) in [5.41, 5.74) is 0.449. The van der Waals surface area contributed by atoms with E-state index in [0.717, 1.165) is 14.5 Å². The molecule has 0 unspecified atom stereocenters. The van der Waals surface area contributed by atoms with Crippen LogP contribution in [0.5, 0.6) is 0 Å². The zero-order valence-electron chi connectivity index (χ0n) is 14.5. The first-order chi connectivity index (χ1) is 10.2. The van der Waals surface area contributed by atoms with E-state index in [9.17, 15) is 9.90 Å². The molecule has 2 aromatic rings. The second-order valence-electron chi connectivity index (χ2n) is 4.83. The van der Waals surface area contributed by atoms with E-state index in [4.69, 9.17) is 0 Å². The van der Waals surface area contributed by atoms with Gasteiger partial charge in [-0.15, -0.1) is 0 Å². The van der Waals surface area contributed by atoms with Crippen molar-refractivity contribution in [3.05, 3.63) is 64.4 Å². The van der Waals surface area contributed by atoms with Crippen LogP contribution < -0.4 is 17.0 Å². The summed E-state index contributed by atoms with van der Waals surface area (Å²) < 4.78 is 6.14. The van der Waals surface area contributed by atoms with Crippen LogP contribution >= 0.6 is 31.9 Å². The number of esters is 1. The summed E-state index contributed by atoms with van der Waals surface area (Å²) in [6.07, 6.45) is 6.41. The molecule has 9 heteroatoms. The smallest absolute Gasteiger partial charge is 1.00 e. The van der Waals surface area contributed by atoms with Crippen molar-refractivity contribution in [1.29, 1.82) is 0 Å². The number of pyridine rings is 2. The van der Waals surface area contributed by atoms with E-state index in [0.29, 0.717) is 5.56 Å². The first-order valence-corrected chi connectivity index (χ1v) is 7.85. The number of ether oxygens (including phenoxy) is 1. The molecule has 0 radical (unpaired) electrons. The normalized spacial score (nSPS) is 9.20. The minimum atomic E-state index is -0.809. The van der Waals surface area contributed by atoms with Crippen LogP contribution in [0.2, 0.25) is 0 Å². The van der Waals surface area contributed by atoms with Gasteiger partial charge in [-0.2, -0.15) is 0 Å². The third-order valence-corrected chi connectivity index (χ3v) is 3.40. The molecule has 0 aliphatic heterocycles. The van der Waals surface area contributed by atoms with Crippen LogP contribution in [0.4, 0.5) is 0 Å². The van der Waals surface area contributed by atoms with Crippen molar-refractivity contribution < 1.29 is 31.6 Å². The van der Waals surface area contributed by atoms with Gasteiger partial charge in [-0.05, 0) is 57.8 Å². The van der Waals surface area contributed by atoms with Crippen LogP contribution in [-0.4, -0.2) is 51.2 Å². The zero-order valence-corrected chi connectivity index (χ0v) is 20.6. The minimum absolute atomic E-state index is 0. The molecule has 0 saturated heterocycles. The molecule has 134 valence electrons. The van der Waals surface area contributed by atoms with E-state index in [1.165, 1.54) is 13.3 Å². The number of methoxy groups -OCH3 is 1. The van der Waals surface area contributed by atoms with Crippen molar-refractivity contribution in [2.75, 3.05) is 7.11 Å². The molecule has 0 aliphatic rings. The largest absolute Gasteiger partial charge is 2.00 e. The molecule has 0 aliphatic carbocycles. The Morgan fingerprint density at radius 2 is 1.56 bits per heavy atom. The summed E-state index contributed by atoms with van der Waals surface area (Å²) in [5.74, 6) is -0.376. The number of nitrogens with zero attached hydrogens (tertiary/aromatic N) is 2. The molecule has 0 bridgehead atoms. The number of aliphatic hydroxyl groups is 1.